The van der Waals surface area contributed by atoms with E-state index < -0.39 is 11.4 Å². The van der Waals surface area contributed by atoms with Crippen molar-refractivity contribution in [2.24, 2.45) is 10.8 Å². The van der Waals surface area contributed by atoms with Crippen LogP contribution in [-0.4, -0.2) is 16.9 Å². The minimum atomic E-state index is -0.858. The maximum Gasteiger partial charge on any atom is 0.304 e. The Morgan fingerprint density at radius 1 is 1.53 bits per heavy atom. The van der Waals surface area contributed by atoms with Gasteiger partial charge < -0.3 is 5.11 Å². The van der Waals surface area contributed by atoms with E-state index in [1.165, 1.54) is 0 Å². The summed E-state index contributed by atoms with van der Waals surface area (Å²) < 4.78 is 0. The molecule has 15 heavy (non-hydrogen) atoms. The van der Waals surface area contributed by atoms with Crippen molar-refractivity contribution in [1.29, 1.82) is 0 Å². The molecule has 0 saturated heterocycles. The van der Waals surface area contributed by atoms with E-state index in [1.54, 1.807) is 6.08 Å². The number of allylic oxidation sites excluding steroid dienone is 2. The topological polar surface area (TPSA) is 54.4 Å². The Morgan fingerprint density at radius 3 is 2.93 bits per heavy atom. The molecule has 0 radical (unpaired) electrons. The Bertz CT molecular complexity index is 345. The van der Waals surface area contributed by atoms with E-state index in [1.807, 2.05) is 6.08 Å². The van der Waals surface area contributed by atoms with Gasteiger partial charge in [-0.3, -0.25) is 9.59 Å². The van der Waals surface area contributed by atoms with Gasteiger partial charge in [0, 0.05) is 5.41 Å². The van der Waals surface area contributed by atoms with E-state index >= 15 is 0 Å². The standard InChI is InChI=1S/C12H16O3/c1-11-4-2-5-12(8-11,7-10(14)15)9(13)3-6-11/h3,6H,2,4-5,7-8H2,1H3,(H,14,15)/t11-,12?/m1/s1. The molecule has 2 bridgehead atoms. The molecule has 0 aromatic carbocycles. The fraction of sp³-hybridized carbons (Fsp3) is 0.667. The Balaban J connectivity index is 2.34. The first-order valence-electron chi connectivity index (χ1n) is 5.41. The number of carboxylic acid groups (broad SMARTS) is 1. The zero-order chi connectivity index (χ0) is 11.1. The van der Waals surface area contributed by atoms with Crippen molar-refractivity contribution in [2.45, 2.75) is 39.0 Å². The Kier molecular flexibility index (Phi) is 2.21. The fourth-order valence-corrected chi connectivity index (χ4v) is 3.11. The highest BCUT2D eigenvalue weighted by molar-refractivity contribution is 5.98. The van der Waals surface area contributed by atoms with E-state index in [2.05, 4.69) is 6.92 Å². The second-order valence-electron chi connectivity index (χ2n) is 5.23. The van der Waals surface area contributed by atoms with Crippen LogP contribution in [0.3, 0.4) is 0 Å². The zero-order valence-corrected chi connectivity index (χ0v) is 8.95. The molecule has 0 amide bonds. The number of hydrogen-bond donors (Lipinski definition) is 1. The van der Waals surface area contributed by atoms with Crippen LogP contribution in [0.25, 0.3) is 0 Å². The van der Waals surface area contributed by atoms with Crippen molar-refractivity contribution in [2.75, 3.05) is 0 Å². The maximum absolute atomic E-state index is 11.9. The fourth-order valence-electron chi connectivity index (χ4n) is 3.11. The Hall–Kier alpha value is -1.12. The maximum atomic E-state index is 11.9. The molecule has 3 nitrogen and oxygen atoms in total. The number of ketones is 1. The first-order valence-corrected chi connectivity index (χ1v) is 5.41. The van der Waals surface area contributed by atoms with Gasteiger partial charge >= 0.3 is 5.97 Å². The molecule has 0 aromatic heterocycles. The molecule has 3 heteroatoms. The Labute approximate surface area is 89.2 Å². The number of rotatable bonds is 2. The van der Waals surface area contributed by atoms with Crippen LogP contribution in [0.15, 0.2) is 12.2 Å². The minimum absolute atomic E-state index is 0.00817. The van der Waals surface area contributed by atoms with E-state index in [-0.39, 0.29) is 17.6 Å². The summed E-state index contributed by atoms with van der Waals surface area (Å²) in [6, 6.07) is 0. The van der Waals surface area contributed by atoms with E-state index in [9.17, 15) is 9.59 Å². The van der Waals surface area contributed by atoms with Gasteiger partial charge in [0.25, 0.3) is 0 Å². The van der Waals surface area contributed by atoms with Gasteiger partial charge in [-0.2, -0.15) is 0 Å². The number of carbonyl (C=O) groups excluding carboxylic acids is 1. The summed E-state index contributed by atoms with van der Waals surface area (Å²) in [5.41, 5.74) is -0.560. The number of fused-ring (bicyclic) bond motifs is 2. The van der Waals surface area contributed by atoms with Gasteiger partial charge in [0.2, 0.25) is 0 Å². The number of carbonyl (C=O) groups is 2. The predicted octanol–water partition coefficient (Wildman–Crippen LogP) is 2.17. The average Bonchev–Trinajstić information content (AvgIpc) is 2.11. The lowest BCUT2D eigenvalue weighted by Crippen LogP contribution is -2.43. The molecule has 2 aliphatic carbocycles. The van der Waals surface area contributed by atoms with Crippen LogP contribution in [0, 0.1) is 10.8 Å². The van der Waals surface area contributed by atoms with Crippen molar-refractivity contribution in [3.05, 3.63) is 12.2 Å². The molecule has 1 unspecified atom stereocenters. The highest BCUT2D eigenvalue weighted by Crippen LogP contribution is 2.52. The molecule has 2 aliphatic rings. The molecular weight excluding hydrogens is 192 g/mol. The molecule has 0 aromatic rings. The van der Waals surface area contributed by atoms with Crippen LogP contribution in [0.4, 0.5) is 0 Å². The average molecular weight is 208 g/mol. The summed E-state index contributed by atoms with van der Waals surface area (Å²) in [6.07, 6.45) is 7.03. The first-order chi connectivity index (χ1) is 6.96. The lowest BCUT2D eigenvalue weighted by atomic mass is 9.57. The van der Waals surface area contributed by atoms with Crippen LogP contribution in [-0.2, 0) is 9.59 Å². The molecule has 0 aliphatic heterocycles. The molecule has 2 rings (SSSR count). The van der Waals surface area contributed by atoms with E-state index in [4.69, 9.17) is 5.11 Å². The molecular formula is C12H16O3. The SMILES string of the molecule is C[C@]12C=CC(=O)C(CC(=O)O)(CCC1)C2. The monoisotopic (exact) mass is 208 g/mol. The third kappa shape index (κ3) is 1.71. The van der Waals surface area contributed by atoms with Crippen molar-refractivity contribution >= 4 is 11.8 Å². The summed E-state index contributed by atoms with van der Waals surface area (Å²) in [6.45, 7) is 2.12. The lowest BCUT2D eigenvalue weighted by Gasteiger charge is -2.46. The van der Waals surface area contributed by atoms with E-state index in [0.717, 1.165) is 19.3 Å². The lowest BCUT2D eigenvalue weighted by molar-refractivity contribution is -0.146. The number of aliphatic carboxylic acids is 1. The van der Waals surface area contributed by atoms with Gasteiger partial charge in [-0.05, 0) is 30.8 Å². The third-order valence-corrected chi connectivity index (χ3v) is 3.79. The van der Waals surface area contributed by atoms with Gasteiger partial charge in [0.05, 0.1) is 6.42 Å². The minimum Gasteiger partial charge on any atom is -0.481 e. The summed E-state index contributed by atoms with van der Waals surface area (Å²) >= 11 is 0. The second kappa shape index (κ2) is 3.19. The Morgan fingerprint density at radius 2 is 2.27 bits per heavy atom. The highest BCUT2D eigenvalue weighted by Gasteiger charge is 2.48. The largest absolute Gasteiger partial charge is 0.481 e. The van der Waals surface area contributed by atoms with Gasteiger partial charge in [-0.25, -0.2) is 0 Å². The third-order valence-electron chi connectivity index (χ3n) is 3.79. The summed E-state index contributed by atoms with van der Waals surface area (Å²) in [5, 5.41) is 8.90. The second-order valence-corrected chi connectivity index (χ2v) is 5.23. The van der Waals surface area contributed by atoms with Gasteiger partial charge in [0.15, 0.2) is 5.78 Å². The van der Waals surface area contributed by atoms with Crippen LogP contribution < -0.4 is 0 Å². The molecule has 2 atom stereocenters. The summed E-state index contributed by atoms with van der Waals surface area (Å²) in [4.78, 5) is 22.7. The van der Waals surface area contributed by atoms with E-state index in [0.29, 0.717) is 6.42 Å². The van der Waals surface area contributed by atoms with Crippen molar-refractivity contribution in [1.82, 2.24) is 0 Å². The van der Waals surface area contributed by atoms with Gasteiger partial charge in [-0.1, -0.05) is 19.4 Å². The smallest absolute Gasteiger partial charge is 0.304 e. The van der Waals surface area contributed by atoms with Crippen molar-refractivity contribution < 1.29 is 14.7 Å². The van der Waals surface area contributed by atoms with Crippen molar-refractivity contribution in [3.63, 3.8) is 0 Å². The molecule has 82 valence electrons. The first kappa shape index (κ1) is 10.4. The molecule has 1 N–H and O–H groups in total. The van der Waals surface area contributed by atoms with Gasteiger partial charge in [-0.15, -0.1) is 0 Å². The van der Waals surface area contributed by atoms with Crippen molar-refractivity contribution in [3.8, 4) is 0 Å². The van der Waals surface area contributed by atoms with Crippen LogP contribution in [0.5, 0.6) is 0 Å². The molecule has 0 spiro atoms. The highest BCUT2D eigenvalue weighted by atomic mass is 16.4. The number of hydrogen-bond acceptors (Lipinski definition) is 2. The van der Waals surface area contributed by atoms with Crippen LogP contribution in [0.1, 0.15) is 39.0 Å². The molecule has 1 fully saturated rings. The summed E-state index contributed by atoms with van der Waals surface area (Å²) in [5.74, 6) is -0.843. The van der Waals surface area contributed by atoms with Gasteiger partial charge in [0.1, 0.15) is 0 Å². The summed E-state index contributed by atoms with van der Waals surface area (Å²) in [7, 11) is 0. The van der Waals surface area contributed by atoms with Crippen LogP contribution >= 0.6 is 0 Å². The normalized spacial score (nSPS) is 39.1. The zero-order valence-electron chi connectivity index (χ0n) is 8.95. The molecule has 0 heterocycles. The van der Waals surface area contributed by atoms with Crippen LogP contribution in [0.2, 0.25) is 0 Å². The predicted molar refractivity (Wildman–Crippen MR) is 55.4 cm³/mol. The number of carboxylic acids is 1. The quantitative estimate of drug-likeness (QED) is 0.756. The molecule has 1 saturated carbocycles.